The van der Waals surface area contributed by atoms with Gasteiger partial charge in [-0.3, -0.25) is 19.7 Å². The van der Waals surface area contributed by atoms with Gasteiger partial charge in [0.2, 0.25) is 5.91 Å². The summed E-state index contributed by atoms with van der Waals surface area (Å²) < 4.78 is 5.56. The molecule has 0 saturated heterocycles. The van der Waals surface area contributed by atoms with E-state index in [1.54, 1.807) is 38.1 Å². The summed E-state index contributed by atoms with van der Waals surface area (Å²) >= 11 is 6.02. The highest BCUT2D eigenvalue weighted by molar-refractivity contribution is 6.34. The SMILES string of the molecule is CCCOc1cccc(NC(=O)C(NC(=O)c2ccc([N+](=O)[O-])cc2Cl)C(C)C)c1. The van der Waals surface area contributed by atoms with Crippen LogP contribution in [-0.2, 0) is 4.79 Å². The molecule has 1 unspecified atom stereocenters. The fraction of sp³-hybridized carbons (Fsp3) is 0.333. The van der Waals surface area contributed by atoms with Gasteiger partial charge in [-0.25, -0.2) is 0 Å². The third kappa shape index (κ3) is 6.18. The number of nitrogens with one attached hydrogen (secondary N) is 2. The van der Waals surface area contributed by atoms with Crippen LogP contribution in [0.2, 0.25) is 5.02 Å². The Bertz CT molecular complexity index is 933. The average molecular weight is 434 g/mol. The topological polar surface area (TPSA) is 111 Å². The molecule has 2 amide bonds. The van der Waals surface area contributed by atoms with E-state index in [2.05, 4.69) is 10.6 Å². The van der Waals surface area contributed by atoms with E-state index in [9.17, 15) is 19.7 Å². The molecule has 160 valence electrons. The molecule has 2 rings (SSSR count). The number of amides is 2. The first-order valence-electron chi connectivity index (χ1n) is 9.51. The molecule has 0 spiro atoms. The lowest BCUT2D eigenvalue weighted by Gasteiger charge is -2.22. The van der Waals surface area contributed by atoms with Crippen molar-refractivity contribution >= 4 is 34.8 Å². The number of anilines is 1. The summed E-state index contributed by atoms with van der Waals surface area (Å²) in [5, 5.41) is 16.2. The molecule has 0 fully saturated rings. The zero-order chi connectivity index (χ0) is 22.3. The number of halogens is 1. The number of non-ortho nitro benzene ring substituents is 1. The van der Waals surface area contributed by atoms with Crippen LogP contribution < -0.4 is 15.4 Å². The number of rotatable bonds is 9. The Morgan fingerprint density at radius 3 is 2.53 bits per heavy atom. The zero-order valence-corrected chi connectivity index (χ0v) is 17.7. The van der Waals surface area contributed by atoms with Gasteiger partial charge in [-0.15, -0.1) is 0 Å². The first-order valence-corrected chi connectivity index (χ1v) is 9.89. The predicted molar refractivity (Wildman–Crippen MR) is 115 cm³/mol. The summed E-state index contributed by atoms with van der Waals surface area (Å²) in [6.45, 7) is 6.16. The number of hydrogen-bond acceptors (Lipinski definition) is 5. The molecule has 0 aliphatic rings. The van der Waals surface area contributed by atoms with Crippen LogP contribution in [0.4, 0.5) is 11.4 Å². The molecule has 0 aromatic heterocycles. The summed E-state index contributed by atoms with van der Waals surface area (Å²) in [5.41, 5.74) is 0.373. The second-order valence-corrected chi connectivity index (χ2v) is 7.39. The number of nitrogens with zero attached hydrogens (tertiary/aromatic N) is 1. The van der Waals surface area contributed by atoms with Crippen LogP contribution in [0.1, 0.15) is 37.6 Å². The number of carbonyl (C=O) groups is 2. The lowest BCUT2D eigenvalue weighted by Crippen LogP contribution is -2.47. The molecule has 0 bridgehead atoms. The standard InChI is InChI=1S/C21H24ClN3O5/c1-4-10-30-16-7-5-6-14(11-16)23-21(27)19(13(2)3)24-20(26)17-9-8-15(25(28)29)12-18(17)22/h5-9,11-13,19H,4,10H2,1-3H3,(H,23,27)(H,24,26). The lowest BCUT2D eigenvalue weighted by molar-refractivity contribution is -0.384. The molecule has 2 aromatic rings. The van der Waals surface area contributed by atoms with Crippen molar-refractivity contribution < 1.29 is 19.2 Å². The zero-order valence-electron chi connectivity index (χ0n) is 17.0. The Morgan fingerprint density at radius 1 is 1.20 bits per heavy atom. The number of carbonyl (C=O) groups excluding carboxylic acids is 2. The molecule has 30 heavy (non-hydrogen) atoms. The van der Waals surface area contributed by atoms with Gasteiger partial charge >= 0.3 is 0 Å². The van der Waals surface area contributed by atoms with Crippen molar-refractivity contribution in [3.63, 3.8) is 0 Å². The van der Waals surface area contributed by atoms with Crippen LogP contribution in [0.15, 0.2) is 42.5 Å². The second kappa shape index (κ2) is 10.6. The van der Waals surface area contributed by atoms with Crippen LogP contribution in [0, 0.1) is 16.0 Å². The van der Waals surface area contributed by atoms with Gasteiger partial charge in [0.05, 0.1) is 22.1 Å². The van der Waals surface area contributed by atoms with Gasteiger partial charge in [0.15, 0.2) is 0 Å². The van der Waals surface area contributed by atoms with E-state index in [1.165, 1.54) is 12.1 Å². The minimum absolute atomic E-state index is 0.0516. The summed E-state index contributed by atoms with van der Waals surface area (Å²) in [6, 6.07) is 9.70. The Labute approximate surface area is 179 Å². The fourth-order valence-electron chi connectivity index (χ4n) is 2.66. The third-order valence-corrected chi connectivity index (χ3v) is 4.53. The van der Waals surface area contributed by atoms with Crippen LogP contribution in [0.3, 0.4) is 0 Å². The quantitative estimate of drug-likeness (QED) is 0.449. The number of nitro benzene ring substituents is 1. The van der Waals surface area contributed by atoms with Gasteiger partial charge in [0.25, 0.3) is 11.6 Å². The Morgan fingerprint density at radius 2 is 1.93 bits per heavy atom. The van der Waals surface area contributed by atoms with Crippen LogP contribution in [-0.4, -0.2) is 29.4 Å². The maximum absolute atomic E-state index is 12.8. The van der Waals surface area contributed by atoms with Crippen molar-refractivity contribution in [2.45, 2.75) is 33.2 Å². The minimum atomic E-state index is -0.844. The average Bonchev–Trinajstić information content (AvgIpc) is 2.70. The van der Waals surface area contributed by atoms with Gasteiger partial charge in [-0.05, 0) is 30.5 Å². The number of ether oxygens (including phenoxy) is 1. The molecule has 2 N–H and O–H groups in total. The van der Waals surface area contributed by atoms with Crippen molar-refractivity contribution in [3.8, 4) is 5.75 Å². The van der Waals surface area contributed by atoms with Gasteiger partial charge in [0.1, 0.15) is 11.8 Å². The van der Waals surface area contributed by atoms with Gasteiger partial charge < -0.3 is 15.4 Å². The van der Waals surface area contributed by atoms with Gasteiger partial charge in [-0.1, -0.05) is 38.4 Å². The maximum Gasteiger partial charge on any atom is 0.270 e. The highest BCUT2D eigenvalue weighted by atomic mass is 35.5. The first kappa shape index (κ1) is 23.2. The van der Waals surface area contributed by atoms with Crippen molar-refractivity contribution in [1.82, 2.24) is 5.32 Å². The largest absolute Gasteiger partial charge is 0.494 e. The Balaban J connectivity index is 2.13. The highest BCUT2D eigenvalue weighted by Gasteiger charge is 2.26. The highest BCUT2D eigenvalue weighted by Crippen LogP contribution is 2.23. The summed E-state index contributed by atoms with van der Waals surface area (Å²) in [5.74, 6) is -0.574. The summed E-state index contributed by atoms with van der Waals surface area (Å²) in [6.07, 6.45) is 0.864. The van der Waals surface area contributed by atoms with Crippen molar-refractivity contribution in [3.05, 3.63) is 63.2 Å². The molecule has 1 atom stereocenters. The molecular weight excluding hydrogens is 410 g/mol. The molecule has 0 saturated carbocycles. The summed E-state index contributed by atoms with van der Waals surface area (Å²) in [7, 11) is 0. The van der Waals surface area contributed by atoms with Crippen LogP contribution in [0.5, 0.6) is 5.75 Å². The van der Waals surface area contributed by atoms with E-state index in [1.807, 2.05) is 6.92 Å². The van der Waals surface area contributed by atoms with E-state index in [0.29, 0.717) is 18.0 Å². The van der Waals surface area contributed by atoms with Crippen molar-refractivity contribution in [2.24, 2.45) is 5.92 Å². The van der Waals surface area contributed by atoms with E-state index >= 15 is 0 Å². The molecule has 0 radical (unpaired) electrons. The number of hydrogen-bond donors (Lipinski definition) is 2. The molecule has 0 heterocycles. The molecule has 2 aromatic carbocycles. The van der Waals surface area contributed by atoms with Crippen molar-refractivity contribution in [2.75, 3.05) is 11.9 Å². The molecular formula is C21H24ClN3O5. The molecule has 0 aliphatic heterocycles. The van der Waals surface area contributed by atoms with E-state index in [-0.39, 0.29) is 22.2 Å². The molecule has 8 nitrogen and oxygen atoms in total. The Hall–Kier alpha value is -3.13. The van der Waals surface area contributed by atoms with Gasteiger partial charge in [-0.2, -0.15) is 0 Å². The van der Waals surface area contributed by atoms with Crippen molar-refractivity contribution in [1.29, 1.82) is 0 Å². The molecule has 0 aliphatic carbocycles. The smallest absolute Gasteiger partial charge is 0.270 e. The van der Waals surface area contributed by atoms with Crippen LogP contribution in [0.25, 0.3) is 0 Å². The normalized spacial score (nSPS) is 11.6. The monoisotopic (exact) mass is 433 g/mol. The number of benzene rings is 2. The maximum atomic E-state index is 12.8. The fourth-order valence-corrected chi connectivity index (χ4v) is 2.92. The van der Waals surface area contributed by atoms with E-state index in [4.69, 9.17) is 16.3 Å². The van der Waals surface area contributed by atoms with Gasteiger partial charge in [0, 0.05) is 23.9 Å². The predicted octanol–water partition coefficient (Wildman–Crippen LogP) is 4.43. The lowest BCUT2D eigenvalue weighted by atomic mass is 10.0. The van der Waals surface area contributed by atoms with E-state index < -0.39 is 22.8 Å². The molecule has 9 heteroatoms. The third-order valence-electron chi connectivity index (χ3n) is 4.22. The van der Waals surface area contributed by atoms with Crippen LogP contribution >= 0.6 is 11.6 Å². The summed E-state index contributed by atoms with van der Waals surface area (Å²) in [4.78, 5) is 35.6. The second-order valence-electron chi connectivity index (χ2n) is 6.98. The Kier molecular flexibility index (Phi) is 8.17. The van der Waals surface area contributed by atoms with E-state index in [0.717, 1.165) is 12.5 Å². The minimum Gasteiger partial charge on any atom is -0.494 e. The first-order chi connectivity index (χ1) is 14.2. The number of nitro groups is 1.